The largest absolute Gasteiger partial charge is 0.444 e. The zero-order chi connectivity index (χ0) is 24.2. The molecule has 1 N–H and O–H groups in total. The van der Waals surface area contributed by atoms with Crippen LogP contribution in [-0.4, -0.2) is 83.5 Å². The quantitative estimate of drug-likeness (QED) is 0.710. The van der Waals surface area contributed by atoms with Crippen molar-refractivity contribution in [3.05, 3.63) is 28.8 Å². The number of ether oxygens (including phenoxy) is 1. The predicted molar refractivity (Wildman–Crippen MR) is 129 cm³/mol. The van der Waals surface area contributed by atoms with Gasteiger partial charge in [-0.2, -0.15) is 0 Å². The molecule has 0 bridgehead atoms. The fraction of sp³-hybridized carbons (Fsp3) is 0.625. The summed E-state index contributed by atoms with van der Waals surface area (Å²) in [4.78, 5) is 42.9. The number of anilines is 1. The van der Waals surface area contributed by atoms with Gasteiger partial charge in [0, 0.05) is 44.5 Å². The first kappa shape index (κ1) is 25.1. The van der Waals surface area contributed by atoms with E-state index in [1.807, 2.05) is 25.7 Å². The van der Waals surface area contributed by atoms with Gasteiger partial charge in [-0.3, -0.25) is 9.59 Å². The van der Waals surface area contributed by atoms with Crippen LogP contribution in [-0.2, 0) is 9.53 Å². The number of nitrogens with zero attached hydrogens (tertiary/aromatic N) is 3. The van der Waals surface area contributed by atoms with Crippen molar-refractivity contribution >= 4 is 35.2 Å². The standard InChI is InChI=1S/C24H35ClN4O4/c1-17-7-5-6-10-29(17)22(31)19-9-8-18(15-20(19)25)26-16-21(30)27-11-13-28(14-12-27)23(32)33-24(2,3)4/h8-9,15,17,26H,5-7,10-14,16H2,1-4H3. The highest BCUT2D eigenvalue weighted by Gasteiger charge is 2.28. The van der Waals surface area contributed by atoms with E-state index >= 15 is 0 Å². The third kappa shape index (κ3) is 6.76. The van der Waals surface area contributed by atoms with E-state index in [1.54, 1.807) is 28.0 Å². The third-order valence-corrected chi connectivity index (χ3v) is 6.30. The first-order valence-corrected chi connectivity index (χ1v) is 12.0. The SMILES string of the molecule is CC1CCCCN1C(=O)c1ccc(NCC(=O)N2CCN(C(=O)OC(C)(C)C)CC2)cc1Cl. The van der Waals surface area contributed by atoms with E-state index in [2.05, 4.69) is 12.2 Å². The van der Waals surface area contributed by atoms with Crippen LogP contribution in [0.25, 0.3) is 0 Å². The Kier molecular flexibility index (Phi) is 8.10. The maximum atomic E-state index is 12.9. The molecule has 0 aromatic heterocycles. The van der Waals surface area contributed by atoms with Gasteiger partial charge in [0.25, 0.3) is 5.91 Å². The van der Waals surface area contributed by atoms with Crippen molar-refractivity contribution in [3.8, 4) is 0 Å². The number of piperidine rings is 1. The third-order valence-electron chi connectivity index (χ3n) is 5.99. The summed E-state index contributed by atoms with van der Waals surface area (Å²) in [6, 6.07) is 5.41. The van der Waals surface area contributed by atoms with E-state index in [0.717, 1.165) is 25.8 Å². The fourth-order valence-corrected chi connectivity index (χ4v) is 4.37. The Balaban J connectivity index is 1.49. The van der Waals surface area contributed by atoms with Crippen molar-refractivity contribution in [1.82, 2.24) is 14.7 Å². The molecule has 2 aliphatic heterocycles. The Hall–Kier alpha value is -2.48. The smallest absolute Gasteiger partial charge is 0.410 e. The van der Waals surface area contributed by atoms with Crippen LogP contribution in [0.1, 0.15) is 57.3 Å². The zero-order valence-electron chi connectivity index (χ0n) is 20.0. The number of amides is 3. The molecule has 1 aromatic rings. The lowest BCUT2D eigenvalue weighted by atomic mass is 10.0. The molecule has 1 unspecified atom stereocenters. The highest BCUT2D eigenvalue weighted by Crippen LogP contribution is 2.26. The van der Waals surface area contributed by atoms with Crippen molar-refractivity contribution in [1.29, 1.82) is 0 Å². The molecule has 33 heavy (non-hydrogen) atoms. The maximum absolute atomic E-state index is 12.9. The monoisotopic (exact) mass is 478 g/mol. The van der Waals surface area contributed by atoms with Crippen LogP contribution in [0.15, 0.2) is 18.2 Å². The predicted octanol–water partition coefficient (Wildman–Crippen LogP) is 3.85. The first-order chi connectivity index (χ1) is 15.5. The molecule has 2 heterocycles. The Morgan fingerprint density at radius 2 is 1.73 bits per heavy atom. The summed E-state index contributed by atoms with van der Waals surface area (Å²) in [6.45, 7) is 10.2. The lowest BCUT2D eigenvalue weighted by Gasteiger charge is -2.35. The van der Waals surface area contributed by atoms with Crippen LogP contribution < -0.4 is 5.32 Å². The summed E-state index contributed by atoms with van der Waals surface area (Å²) < 4.78 is 5.39. The highest BCUT2D eigenvalue weighted by atomic mass is 35.5. The van der Waals surface area contributed by atoms with Crippen molar-refractivity contribution in [2.45, 2.75) is 58.6 Å². The van der Waals surface area contributed by atoms with Crippen LogP contribution in [0.5, 0.6) is 0 Å². The molecule has 1 aromatic carbocycles. The summed E-state index contributed by atoms with van der Waals surface area (Å²) >= 11 is 6.41. The van der Waals surface area contributed by atoms with Gasteiger partial charge < -0.3 is 24.8 Å². The van der Waals surface area contributed by atoms with Crippen molar-refractivity contribution in [2.75, 3.05) is 44.6 Å². The van der Waals surface area contributed by atoms with Gasteiger partial charge in [-0.1, -0.05) is 11.6 Å². The molecule has 3 amide bonds. The molecule has 1 atom stereocenters. The van der Waals surface area contributed by atoms with E-state index in [1.165, 1.54) is 0 Å². The van der Waals surface area contributed by atoms with Gasteiger partial charge >= 0.3 is 6.09 Å². The van der Waals surface area contributed by atoms with Crippen molar-refractivity contribution < 1.29 is 19.1 Å². The Bertz CT molecular complexity index is 878. The molecule has 0 spiro atoms. The van der Waals surface area contributed by atoms with E-state index in [4.69, 9.17) is 16.3 Å². The Morgan fingerprint density at radius 3 is 2.33 bits per heavy atom. The fourth-order valence-electron chi connectivity index (χ4n) is 4.11. The summed E-state index contributed by atoms with van der Waals surface area (Å²) in [5.41, 5.74) is 0.631. The van der Waals surface area contributed by atoms with E-state index in [9.17, 15) is 14.4 Å². The van der Waals surface area contributed by atoms with Crippen LogP contribution in [0.2, 0.25) is 5.02 Å². The molecular weight excluding hydrogens is 444 g/mol. The topological polar surface area (TPSA) is 82.2 Å². The summed E-state index contributed by atoms with van der Waals surface area (Å²) in [7, 11) is 0. The number of benzene rings is 1. The normalized spacial score (nSPS) is 19.3. The van der Waals surface area contributed by atoms with E-state index in [0.29, 0.717) is 42.5 Å². The number of likely N-dealkylation sites (tertiary alicyclic amines) is 1. The minimum absolute atomic E-state index is 0.0438. The second-order valence-corrected chi connectivity index (χ2v) is 10.1. The minimum Gasteiger partial charge on any atom is -0.444 e. The molecule has 0 aliphatic carbocycles. The second-order valence-electron chi connectivity index (χ2n) is 9.74. The van der Waals surface area contributed by atoms with Gasteiger partial charge in [0.15, 0.2) is 0 Å². The summed E-state index contributed by atoms with van der Waals surface area (Å²) in [5, 5.41) is 3.47. The van der Waals surface area contributed by atoms with Crippen molar-refractivity contribution in [3.63, 3.8) is 0 Å². The number of rotatable bonds is 4. The average molecular weight is 479 g/mol. The number of piperazine rings is 1. The number of hydrogen-bond acceptors (Lipinski definition) is 5. The molecule has 0 radical (unpaired) electrons. The average Bonchev–Trinajstić information content (AvgIpc) is 2.76. The second kappa shape index (κ2) is 10.6. The molecule has 9 heteroatoms. The lowest BCUT2D eigenvalue weighted by Crippen LogP contribution is -2.52. The number of halogens is 1. The van der Waals surface area contributed by atoms with Gasteiger partial charge in [0.1, 0.15) is 5.60 Å². The van der Waals surface area contributed by atoms with Gasteiger partial charge in [-0.05, 0) is 65.2 Å². The minimum atomic E-state index is -0.540. The molecule has 2 aliphatic rings. The Labute approximate surface area is 201 Å². The van der Waals surface area contributed by atoms with Crippen LogP contribution in [0.3, 0.4) is 0 Å². The molecule has 8 nitrogen and oxygen atoms in total. The molecule has 182 valence electrons. The molecule has 3 rings (SSSR count). The van der Waals surface area contributed by atoms with Gasteiger partial charge in [-0.15, -0.1) is 0 Å². The molecule has 2 saturated heterocycles. The maximum Gasteiger partial charge on any atom is 0.410 e. The number of carbonyl (C=O) groups is 3. The molecule has 2 fully saturated rings. The van der Waals surface area contributed by atoms with Gasteiger partial charge in [0.2, 0.25) is 5.91 Å². The van der Waals surface area contributed by atoms with Crippen LogP contribution >= 0.6 is 11.6 Å². The summed E-state index contributed by atoms with van der Waals surface area (Å²) in [6.07, 6.45) is 2.82. The number of carbonyl (C=O) groups excluding carboxylic acids is 3. The highest BCUT2D eigenvalue weighted by molar-refractivity contribution is 6.34. The molecular formula is C24H35ClN4O4. The van der Waals surface area contributed by atoms with E-state index in [-0.39, 0.29) is 30.5 Å². The van der Waals surface area contributed by atoms with Gasteiger partial charge in [0.05, 0.1) is 17.1 Å². The zero-order valence-corrected chi connectivity index (χ0v) is 20.8. The first-order valence-electron chi connectivity index (χ1n) is 11.7. The van der Waals surface area contributed by atoms with Crippen molar-refractivity contribution in [2.24, 2.45) is 0 Å². The number of hydrogen-bond donors (Lipinski definition) is 1. The Morgan fingerprint density at radius 1 is 1.06 bits per heavy atom. The summed E-state index contributed by atoms with van der Waals surface area (Å²) in [5.74, 6) is -0.102. The number of nitrogens with one attached hydrogen (secondary N) is 1. The van der Waals surface area contributed by atoms with Crippen LogP contribution in [0.4, 0.5) is 10.5 Å². The van der Waals surface area contributed by atoms with Crippen LogP contribution in [0, 0.1) is 0 Å². The lowest BCUT2D eigenvalue weighted by molar-refractivity contribution is -0.131. The van der Waals surface area contributed by atoms with E-state index < -0.39 is 5.60 Å². The van der Waals surface area contributed by atoms with Gasteiger partial charge in [-0.25, -0.2) is 4.79 Å². The molecule has 0 saturated carbocycles.